The number of ether oxygens (including phenoxy) is 3. The van der Waals surface area contributed by atoms with Crippen molar-refractivity contribution in [2.75, 3.05) is 32.8 Å². The summed E-state index contributed by atoms with van der Waals surface area (Å²) in [6.07, 6.45) is 0. The molecule has 1 amide bonds. The maximum Gasteiger partial charge on any atom is 0.291 e. The van der Waals surface area contributed by atoms with Crippen LogP contribution < -0.4 is 10.1 Å². The zero-order valence-corrected chi connectivity index (χ0v) is 12.6. The van der Waals surface area contributed by atoms with Gasteiger partial charge < -0.3 is 23.9 Å². The van der Waals surface area contributed by atoms with Gasteiger partial charge in [-0.1, -0.05) is 0 Å². The lowest BCUT2D eigenvalue weighted by molar-refractivity contribution is 0.0987. The fourth-order valence-electron chi connectivity index (χ4n) is 1.79. The number of hydrogen-bond acceptors (Lipinski definition) is 5. The smallest absolute Gasteiger partial charge is 0.291 e. The summed E-state index contributed by atoms with van der Waals surface area (Å²) in [6.45, 7) is 1.35. The Hall–Kier alpha value is -2.31. The van der Waals surface area contributed by atoms with Crippen molar-refractivity contribution in [2.24, 2.45) is 0 Å². The third kappa shape index (κ3) is 4.61. The number of carbonyl (C=O) groups is 1. The van der Waals surface area contributed by atoms with Crippen molar-refractivity contribution >= 4 is 11.6 Å². The van der Waals surface area contributed by atoms with Crippen molar-refractivity contribution < 1.29 is 23.4 Å². The summed E-state index contributed by atoms with van der Waals surface area (Å²) in [5.74, 6) is 1.26. The van der Waals surface area contributed by atoms with Crippen LogP contribution in [0.2, 0.25) is 0 Å². The van der Waals surface area contributed by atoms with Gasteiger partial charge in [0.15, 0.2) is 5.76 Å². The van der Waals surface area contributed by atoms with Crippen LogP contribution >= 0.6 is 0 Å². The Kier molecular flexibility index (Phi) is 6.00. The molecular weight excluding hydrogens is 286 g/mol. The molecule has 0 atom stereocenters. The number of benzene rings is 1. The minimum atomic E-state index is -0.310. The number of rotatable bonds is 8. The van der Waals surface area contributed by atoms with Crippen molar-refractivity contribution in [3.05, 3.63) is 47.9 Å². The van der Waals surface area contributed by atoms with Gasteiger partial charge in [-0.3, -0.25) is 4.79 Å². The molecule has 0 saturated heterocycles. The average Bonchev–Trinajstić information content (AvgIpc) is 2.98. The van der Waals surface area contributed by atoms with Gasteiger partial charge in [-0.2, -0.15) is 0 Å². The molecule has 1 aromatic carbocycles. The largest absolute Gasteiger partial charge is 0.491 e. The van der Waals surface area contributed by atoms with Crippen LogP contribution in [0.1, 0.15) is 16.3 Å². The highest BCUT2D eigenvalue weighted by atomic mass is 16.5. The first-order valence-electron chi connectivity index (χ1n) is 6.83. The predicted molar refractivity (Wildman–Crippen MR) is 81.2 cm³/mol. The lowest BCUT2D eigenvalue weighted by Gasteiger charge is -2.07. The third-order valence-corrected chi connectivity index (χ3v) is 2.84. The third-order valence-electron chi connectivity index (χ3n) is 2.84. The molecule has 0 bridgehead atoms. The van der Waals surface area contributed by atoms with Crippen LogP contribution in [0.3, 0.4) is 0 Å². The second kappa shape index (κ2) is 8.21. The maximum absolute atomic E-state index is 12.0. The summed E-state index contributed by atoms with van der Waals surface area (Å²) in [5.41, 5.74) is 0.661. The Bertz CT molecular complexity index is 591. The monoisotopic (exact) mass is 305 g/mol. The van der Waals surface area contributed by atoms with Crippen LogP contribution in [0.4, 0.5) is 5.69 Å². The van der Waals surface area contributed by atoms with Crippen LogP contribution in [0.5, 0.6) is 5.75 Å². The highest BCUT2D eigenvalue weighted by Gasteiger charge is 2.11. The van der Waals surface area contributed by atoms with E-state index in [9.17, 15) is 4.79 Å². The summed E-state index contributed by atoms with van der Waals surface area (Å²) in [7, 11) is 3.19. The van der Waals surface area contributed by atoms with E-state index in [2.05, 4.69) is 5.32 Å². The molecule has 0 unspecified atom stereocenters. The van der Waals surface area contributed by atoms with Crippen LogP contribution in [0.15, 0.2) is 40.8 Å². The number of hydrogen-bond donors (Lipinski definition) is 1. The molecular formula is C16H19NO5. The van der Waals surface area contributed by atoms with Gasteiger partial charge in [0.25, 0.3) is 5.91 Å². The minimum absolute atomic E-state index is 0.243. The number of amides is 1. The molecule has 0 aliphatic carbocycles. The number of furan rings is 1. The van der Waals surface area contributed by atoms with Gasteiger partial charge in [-0.25, -0.2) is 0 Å². The normalized spacial score (nSPS) is 10.5. The van der Waals surface area contributed by atoms with Crippen molar-refractivity contribution in [3.8, 4) is 5.75 Å². The van der Waals surface area contributed by atoms with Gasteiger partial charge in [0, 0.05) is 19.9 Å². The number of carbonyl (C=O) groups excluding carboxylic acids is 1. The van der Waals surface area contributed by atoms with E-state index in [-0.39, 0.29) is 11.7 Å². The van der Waals surface area contributed by atoms with E-state index < -0.39 is 0 Å². The Morgan fingerprint density at radius 2 is 1.82 bits per heavy atom. The van der Waals surface area contributed by atoms with E-state index in [1.165, 1.54) is 0 Å². The minimum Gasteiger partial charge on any atom is -0.491 e. The fraction of sp³-hybridized carbons (Fsp3) is 0.312. The molecule has 0 aliphatic rings. The Labute approximate surface area is 129 Å². The van der Waals surface area contributed by atoms with Crippen LogP contribution in [-0.2, 0) is 16.1 Å². The number of nitrogens with one attached hydrogen (secondary N) is 1. The molecule has 1 aromatic heterocycles. The predicted octanol–water partition coefficient (Wildman–Crippen LogP) is 2.70. The van der Waals surface area contributed by atoms with Gasteiger partial charge in [-0.15, -0.1) is 0 Å². The zero-order valence-electron chi connectivity index (χ0n) is 12.6. The molecule has 0 aliphatic heterocycles. The van der Waals surface area contributed by atoms with Crippen molar-refractivity contribution in [2.45, 2.75) is 6.61 Å². The first kappa shape index (κ1) is 16.1. The molecule has 6 nitrogen and oxygen atoms in total. The molecule has 0 spiro atoms. The summed E-state index contributed by atoms with van der Waals surface area (Å²) < 4.78 is 20.7. The number of anilines is 1. The summed E-state index contributed by atoms with van der Waals surface area (Å²) in [5, 5.41) is 2.75. The van der Waals surface area contributed by atoms with Crippen molar-refractivity contribution in [3.63, 3.8) is 0 Å². The molecule has 2 aromatic rings. The zero-order chi connectivity index (χ0) is 15.8. The van der Waals surface area contributed by atoms with Crippen LogP contribution in [0, 0.1) is 0 Å². The molecule has 6 heteroatoms. The van der Waals surface area contributed by atoms with E-state index >= 15 is 0 Å². The van der Waals surface area contributed by atoms with Crippen molar-refractivity contribution in [1.82, 2.24) is 0 Å². The maximum atomic E-state index is 12.0. The van der Waals surface area contributed by atoms with E-state index in [4.69, 9.17) is 18.6 Å². The Morgan fingerprint density at radius 1 is 1.05 bits per heavy atom. The van der Waals surface area contributed by atoms with Gasteiger partial charge >= 0.3 is 0 Å². The lowest BCUT2D eigenvalue weighted by atomic mass is 10.3. The standard InChI is InChI=1S/C16H19NO5/c1-19-9-10-21-13-5-3-12(4-6-13)17-16(18)15-8-7-14(22-15)11-20-2/h3-8H,9-11H2,1-2H3,(H,17,18). The van der Waals surface area contributed by atoms with Crippen molar-refractivity contribution in [1.29, 1.82) is 0 Å². The summed E-state index contributed by atoms with van der Waals surface area (Å²) >= 11 is 0. The summed E-state index contributed by atoms with van der Waals surface area (Å²) in [4.78, 5) is 12.0. The molecule has 0 fully saturated rings. The average molecular weight is 305 g/mol. The molecule has 118 valence electrons. The fourth-order valence-corrected chi connectivity index (χ4v) is 1.79. The Morgan fingerprint density at radius 3 is 2.50 bits per heavy atom. The topological polar surface area (TPSA) is 69.9 Å². The highest BCUT2D eigenvalue weighted by molar-refractivity contribution is 6.02. The molecule has 1 N–H and O–H groups in total. The lowest BCUT2D eigenvalue weighted by Crippen LogP contribution is -2.11. The molecule has 1 heterocycles. The van der Waals surface area contributed by atoms with E-state index in [0.29, 0.717) is 31.3 Å². The molecule has 0 radical (unpaired) electrons. The molecule has 22 heavy (non-hydrogen) atoms. The van der Waals surface area contributed by atoms with Gasteiger partial charge in [0.2, 0.25) is 0 Å². The van der Waals surface area contributed by atoms with Crippen LogP contribution in [0.25, 0.3) is 0 Å². The number of methoxy groups -OCH3 is 2. The first-order chi connectivity index (χ1) is 10.7. The quantitative estimate of drug-likeness (QED) is 0.759. The highest BCUT2D eigenvalue weighted by Crippen LogP contribution is 2.17. The van der Waals surface area contributed by atoms with Gasteiger partial charge in [0.1, 0.15) is 24.7 Å². The van der Waals surface area contributed by atoms with Crippen LogP contribution in [-0.4, -0.2) is 33.3 Å². The summed E-state index contributed by atoms with van der Waals surface area (Å²) in [6, 6.07) is 10.4. The molecule has 0 saturated carbocycles. The second-order valence-electron chi connectivity index (χ2n) is 4.52. The second-order valence-corrected chi connectivity index (χ2v) is 4.52. The van der Waals surface area contributed by atoms with Gasteiger partial charge in [0.05, 0.1) is 6.61 Å². The SMILES string of the molecule is COCCOc1ccc(NC(=O)c2ccc(COC)o2)cc1. The van der Waals surface area contributed by atoms with Gasteiger partial charge in [-0.05, 0) is 36.4 Å². The van der Waals surface area contributed by atoms with E-state index in [1.807, 2.05) is 0 Å². The Balaban J connectivity index is 1.90. The molecule has 2 rings (SSSR count). The van der Waals surface area contributed by atoms with E-state index in [1.54, 1.807) is 50.6 Å². The first-order valence-corrected chi connectivity index (χ1v) is 6.83. The van der Waals surface area contributed by atoms with E-state index in [0.717, 1.165) is 5.75 Å².